The van der Waals surface area contributed by atoms with Crippen LogP contribution in [0, 0.1) is 11.8 Å². The quantitative estimate of drug-likeness (QED) is 0.638. The van der Waals surface area contributed by atoms with Gasteiger partial charge in [-0.25, -0.2) is 0 Å². The first-order valence-corrected chi connectivity index (χ1v) is 5.34. The molecule has 0 bridgehead atoms. The van der Waals surface area contributed by atoms with Gasteiger partial charge in [0.2, 0.25) is 0 Å². The second-order valence-electron chi connectivity index (χ2n) is 3.52. The van der Waals surface area contributed by atoms with Gasteiger partial charge in [0.25, 0.3) is 0 Å². The Kier molecular flexibility index (Phi) is 3.72. The summed E-state index contributed by atoms with van der Waals surface area (Å²) in [6, 6.07) is 18.7. The van der Waals surface area contributed by atoms with E-state index in [1.54, 1.807) is 0 Å². The molecule has 0 nitrogen and oxygen atoms in total. The van der Waals surface area contributed by atoms with Crippen molar-refractivity contribution in [2.75, 3.05) is 0 Å². The Labute approximate surface area is 100 Å². The number of allylic oxidation sites excluding steroid dienone is 1. The topological polar surface area (TPSA) is 0 Å². The summed E-state index contributed by atoms with van der Waals surface area (Å²) in [5.74, 6) is 4.83. The first kappa shape index (κ1) is 11.2. The van der Waals surface area contributed by atoms with E-state index in [2.05, 4.69) is 11.8 Å². The molecule has 0 aromatic heterocycles. The lowest BCUT2D eigenvalue weighted by Gasteiger charge is -1.90. The van der Waals surface area contributed by atoms with Gasteiger partial charge in [-0.1, -0.05) is 54.5 Å². The van der Waals surface area contributed by atoms with Gasteiger partial charge < -0.3 is 0 Å². The van der Waals surface area contributed by atoms with E-state index in [9.17, 15) is 4.39 Å². The summed E-state index contributed by atoms with van der Waals surface area (Å²) in [7, 11) is 0. The average Bonchev–Trinajstić information content (AvgIpc) is 2.39. The summed E-state index contributed by atoms with van der Waals surface area (Å²) in [6.45, 7) is 0. The molecule has 17 heavy (non-hydrogen) atoms. The molecule has 0 radical (unpaired) electrons. The Hall–Kier alpha value is -2.33. The molecular formula is C16H11F. The zero-order chi connectivity index (χ0) is 11.9. The molecule has 1 heteroatoms. The third-order valence-corrected chi connectivity index (χ3v) is 2.19. The van der Waals surface area contributed by atoms with Crippen LogP contribution in [0.2, 0.25) is 0 Å². The van der Waals surface area contributed by atoms with Crippen LogP contribution in [0.5, 0.6) is 0 Å². The van der Waals surface area contributed by atoms with Crippen LogP contribution >= 0.6 is 0 Å². The predicted octanol–water partition coefficient (Wildman–Crippen LogP) is 4.05. The summed E-state index contributed by atoms with van der Waals surface area (Å²) < 4.78 is 13.5. The van der Waals surface area contributed by atoms with Crippen molar-refractivity contribution in [3.63, 3.8) is 0 Å². The molecule has 0 saturated heterocycles. The van der Waals surface area contributed by atoms with Gasteiger partial charge in [0.15, 0.2) is 5.83 Å². The van der Waals surface area contributed by atoms with Crippen LogP contribution < -0.4 is 0 Å². The van der Waals surface area contributed by atoms with Gasteiger partial charge in [-0.2, -0.15) is 4.39 Å². The first-order valence-electron chi connectivity index (χ1n) is 5.34. The molecule has 0 saturated carbocycles. The van der Waals surface area contributed by atoms with E-state index >= 15 is 0 Å². The zero-order valence-corrected chi connectivity index (χ0v) is 9.23. The molecule has 0 fully saturated rings. The van der Waals surface area contributed by atoms with E-state index in [1.807, 2.05) is 60.7 Å². The minimum absolute atomic E-state index is 0.431. The van der Waals surface area contributed by atoms with Crippen molar-refractivity contribution in [1.29, 1.82) is 0 Å². The van der Waals surface area contributed by atoms with Crippen molar-refractivity contribution < 1.29 is 4.39 Å². The highest BCUT2D eigenvalue weighted by atomic mass is 19.1. The SMILES string of the molecule is F/C(C#Cc1ccccc1)=C\c1ccccc1. The van der Waals surface area contributed by atoms with Crippen LogP contribution in [-0.2, 0) is 0 Å². The summed E-state index contributed by atoms with van der Waals surface area (Å²) in [4.78, 5) is 0. The molecule has 0 unspecified atom stereocenters. The molecular weight excluding hydrogens is 211 g/mol. The molecule has 0 aliphatic rings. The molecule has 2 aromatic rings. The minimum Gasteiger partial charge on any atom is -0.197 e. The molecule has 2 rings (SSSR count). The first-order chi connectivity index (χ1) is 8.34. The molecule has 0 N–H and O–H groups in total. The monoisotopic (exact) mass is 222 g/mol. The Morgan fingerprint density at radius 2 is 1.47 bits per heavy atom. The van der Waals surface area contributed by atoms with Gasteiger partial charge >= 0.3 is 0 Å². The molecule has 82 valence electrons. The van der Waals surface area contributed by atoms with Crippen LogP contribution in [0.4, 0.5) is 4.39 Å². The highest BCUT2D eigenvalue weighted by Crippen LogP contribution is 2.07. The molecule has 0 heterocycles. The number of benzene rings is 2. The Balaban J connectivity index is 2.15. The van der Waals surface area contributed by atoms with E-state index < -0.39 is 5.83 Å². The average molecular weight is 222 g/mol. The van der Waals surface area contributed by atoms with Gasteiger partial charge in [-0.3, -0.25) is 0 Å². The van der Waals surface area contributed by atoms with Crippen molar-refractivity contribution in [2.24, 2.45) is 0 Å². The van der Waals surface area contributed by atoms with E-state index in [1.165, 1.54) is 6.08 Å². The summed E-state index contributed by atoms with van der Waals surface area (Å²) in [5.41, 5.74) is 1.62. The lowest BCUT2D eigenvalue weighted by Crippen LogP contribution is -1.74. The smallest absolute Gasteiger partial charge is 0.174 e. The predicted molar refractivity (Wildman–Crippen MR) is 68.8 cm³/mol. The third kappa shape index (κ3) is 3.62. The van der Waals surface area contributed by atoms with Crippen molar-refractivity contribution in [1.82, 2.24) is 0 Å². The van der Waals surface area contributed by atoms with Crippen LogP contribution in [0.3, 0.4) is 0 Å². The molecule has 0 amide bonds. The van der Waals surface area contributed by atoms with Crippen molar-refractivity contribution in [3.8, 4) is 11.8 Å². The number of rotatable bonds is 1. The maximum Gasteiger partial charge on any atom is 0.174 e. The number of hydrogen-bond acceptors (Lipinski definition) is 0. The lowest BCUT2D eigenvalue weighted by molar-refractivity contribution is 0.683. The van der Waals surface area contributed by atoms with E-state index in [-0.39, 0.29) is 0 Å². The van der Waals surface area contributed by atoms with Crippen LogP contribution in [0.15, 0.2) is 66.5 Å². The highest BCUT2D eigenvalue weighted by molar-refractivity contribution is 5.56. The zero-order valence-electron chi connectivity index (χ0n) is 9.23. The third-order valence-electron chi connectivity index (χ3n) is 2.19. The maximum absolute atomic E-state index is 13.5. The Bertz CT molecular complexity index is 557. The molecule has 0 aliphatic heterocycles. The second kappa shape index (κ2) is 5.67. The fourth-order valence-electron chi connectivity index (χ4n) is 1.39. The number of hydrogen-bond donors (Lipinski definition) is 0. The summed E-state index contributed by atoms with van der Waals surface area (Å²) >= 11 is 0. The maximum atomic E-state index is 13.5. The fraction of sp³-hybridized carbons (Fsp3) is 0. The number of halogens is 1. The summed E-state index contributed by atoms with van der Waals surface area (Å²) in [5, 5.41) is 0. The molecule has 0 aliphatic carbocycles. The normalized spacial score (nSPS) is 10.5. The van der Waals surface area contributed by atoms with Gasteiger partial charge in [-0.15, -0.1) is 0 Å². The van der Waals surface area contributed by atoms with Gasteiger partial charge in [-0.05, 0) is 29.7 Å². The molecule has 0 atom stereocenters. The van der Waals surface area contributed by atoms with Gasteiger partial charge in [0.05, 0.1) is 0 Å². The van der Waals surface area contributed by atoms with Crippen molar-refractivity contribution in [2.45, 2.75) is 0 Å². The van der Waals surface area contributed by atoms with Gasteiger partial charge in [0.1, 0.15) is 0 Å². The largest absolute Gasteiger partial charge is 0.197 e. The molecule has 2 aromatic carbocycles. The standard InChI is InChI=1S/C16H11F/c17-16(13-15-9-5-2-6-10-15)12-11-14-7-3-1-4-8-14/h1-10,13H/b16-13-. The second-order valence-corrected chi connectivity index (χ2v) is 3.52. The Morgan fingerprint density at radius 3 is 2.12 bits per heavy atom. The minimum atomic E-state index is -0.431. The lowest BCUT2D eigenvalue weighted by atomic mass is 10.2. The van der Waals surface area contributed by atoms with E-state index in [0.717, 1.165) is 11.1 Å². The van der Waals surface area contributed by atoms with Gasteiger partial charge in [0, 0.05) is 5.56 Å². The van der Waals surface area contributed by atoms with Crippen LogP contribution in [-0.4, -0.2) is 0 Å². The van der Waals surface area contributed by atoms with E-state index in [0.29, 0.717) is 0 Å². The highest BCUT2D eigenvalue weighted by Gasteiger charge is 1.90. The van der Waals surface area contributed by atoms with Crippen LogP contribution in [0.1, 0.15) is 11.1 Å². The summed E-state index contributed by atoms with van der Waals surface area (Å²) in [6.07, 6.45) is 1.43. The fourth-order valence-corrected chi connectivity index (χ4v) is 1.39. The van der Waals surface area contributed by atoms with Crippen molar-refractivity contribution >= 4 is 6.08 Å². The van der Waals surface area contributed by atoms with Crippen molar-refractivity contribution in [3.05, 3.63) is 77.6 Å². The molecule has 0 spiro atoms. The van der Waals surface area contributed by atoms with E-state index in [4.69, 9.17) is 0 Å². The Morgan fingerprint density at radius 1 is 0.882 bits per heavy atom. The van der Waals surface area contributed by atoms with Crippen LogP contribution in [0.25, 0.3) is 6.08 Å².